The van der Waals surface area contributed by atoms with Crippen LogP contribution < -0.4 is 0 Å². The second-order valence-corrected chi connectivity index (χ2v) is 4.24. The number of hydrogen-bond acceptors (Lipinski definition) is 4. The van der Waals surface area contributed by atoms with E-state index >= 15 is 0 Å². The molecule has 0 heterocycles. The van der Waals surface area contributed by atoms with Gasteiger partial charge in [0.25, 0.3) is 0 Å². The number of thioether (sulfide) groups is 1. The van der Waals surface area contributed by atoms with E-state index in [4.69, 9.17) is 5.11 Å². The van der Waals surface area contributed by atoms with Gasteiger partial charge in [-0.05, 0) is 12.2 Å². The first-order valence-corrected chi connectivity index (χ1v) is 5.92. The van der Waals surface area contributed by atoms with Gasteiger partial charge in [-0.1, -0.05) is 12.1 Å². The minimum atomic E-state index is -0.760. The maximum Gasteiger partial charge on any atom is 0.305 e. The van der Waals surface area contributed by atoms with Crippen molar-refractivity contribution in [1.82, 2.24) is 0 Å². The van der Waals surface area contributed by atoms with Crippen LogP contribution in [0.1, 0.15) is 12.0 Å². The number of nitro groups is 1. The van der Waals surface area contributed by atoms with E-state index in [-0.39, 0.29) is 6.61 Å². The molecule has 0 aliphatic rings. The summed E-state index contributed by atoms with van der Waals surface area (Å²) in [6, 6.07) is 4.16. The summed E-state index contributed by atoms with van der Waals surface area (Å²) in [6.07, 6.45) is 0.640. The quantitative estimate of drug-likeness (QED) is 0.474. The normalized spacial score (nSPS) is 10.4. The molecule has 0 radical (unpaired) electrons. The summed E-state index contributed by atoms with van der Waals surface area (Å²) in [5.74, 6) is 0.329. The average molecular weight is 245 g/mol. The van der Waals surface area contributed by atoms with Crippen LogP contribution in [0.15, 0.2) is 18.2 Å². The SMILES string of the molecule is O=[N+]([O-])c1cccc(CSCCCO)c1F. The predicted octanol–water partition coefficient (Wildman–Crippen LogP) is 2.35. The molecule has 0 aliphatic carbocycles. The summed E-state index contributed by atoms with van der Waals surface area (Å²) in [4.78, 5) is 9.75. The highest BCUT2D eigenvalue weighted by molar-refractivity contribution is 7.98. The number of nitrogens with zero attached hydrogens (tertiary/aromatic N) is 1. The zero-order chi connectivity index (χ0) is 12.0. The summed E-state index contributed by atoms with van der Waals surface area (Å²) in [5, 5.41) is 19.0. The lowest BCUT2D eigenvalue weighted by Crippen LogP contribution is -1.97. The maximum absolute atomic E-state index is 13.5. The van der Waals surface area contributed by atoms with Gasteiger partial charge in [-0.15, -0.1) is 0 Å². The van der Waals surface area contributed by atoms with Gasteiger partial charge < -0.3 is 5.11 Å². The minimum Gasteiger partial charge on any atom is -0.396 e. The van der Waals surface area contributed by atoms with E-state index in [2.05, 4.69) is 0 Å². The monoisotopic (exact) mass is 245 g/mol. The zero-order valence-corrected chi connectivity index (χ0v) is 9.37. The van der Waals surface area contributed by atoms with Crippen molar-refractivity contribution in [3.05, 3.63) is 39.7 Å². The van der Waals surface area contributed by atoms with Crippen molar-refractivity contribution in [2.24, 2.45) is 0 Å². The van der Waals surface area contributed by atoms with E-state index in [1.54, 1.807) is 0 Å². The molecule has 1 N–H and O–H groups in total. The lowest BCUT2D eigenvalue weighted by atomic mass is 10.2. The average Bonchev–Trinajstić information content (AvgIpc) is 2.26. The van der Waals surface area contributed by atoms with Crippen molar-refractivity contribution in [2.75, 3.05) is 12.4 Å². The fourth-order valence-electron chi connectivity index (χ4n) is 1.17. The molecule has 0 saturated carbocycles. The molecule has 1 aromatic rings. The Morgan fingerprint density at radius 2 is 2.25 bits per heavy atom. The molecule has 0 spiro atoms. The summed E-state index contributed by atoms with van der Waals surface area (Å²) >= 11 is 1.44. The molecule has 0 saturated heterocycles. The molecule has 16 heavy (non-hydrogen) atoms. The summed E-state index contributed by atoms with van der Waals surface area (Å²) in [5.41, 5.74) is -0.155. The molecule has 88 valence electrons. The highest BCUT2D eigenvalue weighted by Gasteiger charge is 2.16. The third-order valence-electron chi connectivity index (χ3n) is 1.96. The Morgan fingerprint density at radius 1 is 1.50 bits per heavy atom. The van der Waals surface area contributed by atoms with Crippen molar-refractivity contribution >= 4 is 17.4 Å². The first kappa shape index (κ1) is 12.9. The second-order valence-electron chi connectivity index (χ2n) is 3.14. The van der Waals surface area contributed by atoms with Crippen LogP contribution in [0.5, 0.6) is 0 Å². The Morgan fingerprint density at radius 3 is 2.88 bits per heavy atom. The van der Waals surface area contributed by atoms with E-state index in [0.29, 0.717) is 23.5 Å². The minimum absolute atomic E-state index is 0.102. The van der Waals surface area contributed by atoms with Gasteiger partial charge in [0.2, 0.25) is 5.82 Å². The third-order valence-corrected chi connectivity index (χ3v) is 3.05. The summed E-state index contributed by atoms with van der Waals surface area (Å²) < 4.78 is 13.5. The fraction of sp³-hybridized carbons (Fsp3) is 0.400. The molecule has 0 fully saturated rings. The molecule has 0 unspecified atom stereocenters. The van der Waals surface area contributed by atoms with E-state index in [1.165, 1.54) is 23.9 Å². The molecule has 0 atom stereocenters. The van der Waals surface area contributed by atoms with Crippen molar-refractivity contribution in [3.63, 3.8) is 0 Å². The Balaban J connectivity index is 2.66. The topological polar surface area (TPSA) is 63.4 Å². The zero-order valence-electron chi connectivity index (χ0n) is 8.56. The largest absolute Gasteiger partial charge is 0.396 e. The highest BCUT2D eigenvalue weighted by Crippen LogP contribution is 2.23. The highest BCUT2D eigenvalue weighted by atomic mass is 32.2. The number of benzene rings is 1. The third kappa shape index (κ3) is 3.46. The molecule has 0 bridgehead atoms. The number of aliphatic hydroxyl groups excluding tert-OH is 1. The maximum atomic E-state index is 13.5. The van der Waals surface area contributed by atoms with Crippen LogP contribution in [0, 0.1) is 15.9 Å². The van der Waals surface area contributed by atoms with Crippen molar-refractivity contribution in [1.29, 1.82) is 0 Å². The molecule has 4 nitrogen and oxygen atoms in total. The number of nitro benzene ring substituents is 1. The molecule has 0 aromatic heterocycles. The molecule has 1 aromatic carbocycles. The van der Waals surface area contributed by atoms with E-state index in [0.717, 1.165) is 6.07 Å². The van der Waals surface area contributed by atoms with Crippen LogP contribution in [-0.4, -0.2) is 22.4 Å². The Labute approximate surface area is 96.6 Å². The van der Waals surface area contributed by atoms with Gasteiger partial charge in [0, 0.05) is 24.0 Å². The van der Waals surface area contributed by atoms with Crippen LogP contribution in [0.2, 0.25) is 0 Å². The standard InChI is InChI=1S/C10H12FNO3S/c11-10-8(7-16-6-2-5-13)3-1-4-9(10)12(14)15/h1,3-4,13H,2,5-7H2. The Bertz CT molecular complexity index is 373. The van der Waals surface area contributed by atoms with Gasteiger partial charge in [-0.3, -0.25) is 10.1 Å². The van der Waals surface area contributed by atoms with Gasteiger partial charge >= 0.3 is 5.69 Å². The van der Waals surface area contributed by atoms with Crippen LogP contribution in [0.25, 0.3) is 0 Å². The number of aliphatic hydroxyl groups is 1. The molecule has 6 heteroatoms. The molecule has 0 amide bonds. The second kappa shape index (κ2) is 6.44. The van der Waals surface area contributed by atoms with E-state index in [9.17, 15) is 14.5 Å². The Hall–Kier alpha value is -1.14. The Kier molecular flexibility index (Phi) is 5.21. The van der Waals surface area contributed by atoms with Crippen LogP contribution in [0.4, 0.5) is 10.1 Å². The fourth-order valence-corrected chi connectivity index (χ4v) is 2.09. The lowest BCUT2D eigenvalue weighted by molar-refractivity contribution is -0.387. The van der Waals surface area contributed by atoms with E-state index in [1.807, 2.05) is 0 Å². The summed E-state index contributed by atoms with van der Waals surface area (Å²) in [6.45, 7) is 0.102. The molecule has 0 aliphatic heterocycles. The molecular weight excluding hydrogens is 233 g/mol. The van der Waals surface area contributed by atoms with Crippen LogP contribution in [-0.2, 0) is 5.75 Å². The first-order valence-electron chi connectivity index (χ1n) is 4.77. The number of rotatable bonds is 6. The number of hydrogen-bond donors (Lipinski definition) is 1. The van der Waals surface area contributed by atoms with Crippen molar-refractivity contribution in [3.8, 4) is 0 Å². The first-order chi connectivity index (χ1) is 7.66. The van der Waals surface area contributed by atoms with Gasteiger partial charge in [0.05, 0.1) is 4.92 Å². The predicted molar refractivity (Wildman–Crippen MR) is 60.9 cm³/mol. The van der Waals surface area contributed by atoms with Crippen LogP contribution >= 0.6 is 11.8 Å². The van der Waals surface area contributed by atoms with Gasteiger partial charge in [-0.2, -0.15) is 16.2 Å². The van der Waals surface area contributed by atoms with Gasteiger partial charge in [0.1, 0.15) is 0 Å². The van der Waals surface area contributed by atoms with E-state index < -0.39 is 16.4 Å². The molecular formula is C10H12FNO3S. The van der Waals surface area contributed by atoms with Gasteiger partial charge in [0.15, 0.2) is 0 Å². The van der Waals surface area contributed by atoms with Gasteiger partial charge in [-0.25, -0.2) is 0 Å². The van der Waals surface area contributed by atoms with Crippen LogP contribution in [0.3, 0.4) is 0 Å². The molecule has 1 rings (SSSR count). The number of halogens is 1. The summed E-state index contributed by atoms with van der Waals surface area (Å²) in [7, 11) is 0. The smallest absolute Gasteiger partial charge is 0.305 e. The van der Waals surface area contributed by atoms with Crippen molar-refractivity contribution < 1.29 is 14.4 Å². The lowest BCUT2D eigenvalue weighted by Gasteiger charge is -2.03. The van der Waals surface area contributed by atoms with Crippen molar-refractivity contribution in [2.45, 2.75) is 12.2 Å².